The van der Waals surface area contributed by atoms with E-state index in [-0.39, 0.29) is 5.41 Å². The molecule has 1 heterocycles. The number of likely N-dealkylation sites (tertiary alicyclic amines) is 1. The van der Waals surface area contributed by atoms with Crippen LogP contribution in [0.3, 0.4) is 0 Å². The Labute approximate surface area is 101 Å². The van der Waals surface area contributed by atoms with Gasteiger partial charge in [0.25, 0.3) is 0 Å². The molecule has 2 unspecified atom stereocenters. The van der Waals surface area contributed by atoms with Crippen LogP contribution >= 0.6 is 0 Å². The molecule has 0 radical (unpaired) electrons. The summed E-state index contributed by atoms with van der Waals surface area (Å²) < 4.78 is 0. The first kappa shape index (κ1) is 14.0. The predicted molar refractivity (Wildman–Crippen MR) is 69.6 cm³/mol. The van der Waals surface area contributed by atoms with Gasteiger partial charge in [-0.3, -0.25) is 4.90 Å². The molecule has 1 rings (SSSR count). The van der Waals surface area contributed by atoms with E-state index in [1.54, 1.807) is 0 Å². The minimum Gasteiger partial charge on any atom is -0.396 e. The molecule has 16 heavy (non-hydrogen) atoms. The minimum atomic E-state index is 0.111. The van der Waals surface area contributed by atoms with Crippen molar-refractivity contribution >= 4 is 0 Å². The van der Waals surface area contributed by atoms with Crippen LogP contribution in [0.15, 0.2) is 0 Å². The van der Waals surface area contributed by atoms with Gasteiger partial charge in [0.1, 0.15) is 0 Å². The van der Waals surface area contributed by atoms with E-state index < -0.39 is 0 Å². The van der Waals surface area contributed by atoms with Crippen molar-refractivity contribution in [1.29, 1.82) is 0 Å². The molecule has 0 saturated carbocycles. The third kappa shape index (κ3) is 3.74. The normalized spacial score (nSPS) is 26.6. The third-order valence-corrected chi connectivity index (χ3v) is 4.04. The second kappa shape index (κ2) is 6.61. The maximum absolute atomic E-state index is 9.58. The van der Waals surface area contributed by atoms with Gasteiger partial charge in [-0.15, -0.1) is 0 Å². The van der Waals surface area contributed by atoms with E-state index in [0.717, 1.165) is 19.0 Å². The molecule has 2 nitrogen and oxygen atoms in total. The SMILES string of the molecule is CCCC(C)(CO)CN1CCCCC1CC. The first-order chi connectivity index (χ1) is 7.65. The number of piperidine rings is 1. The van der Waals surface area contributed by atoms with Crippen molar-refractivity contribution < 1.29 is 5.11 Å². The molecule has 0 aromatic carbocycles. The Morgan fingerprint density at radius 1 is 1.31 bits per heavy atom. The van der Waals surface area contributed by atoms with E-state index in [1.807, 2.05) is 0 Å². The summed E-state index contributed by atoms with van der Waals surface area (Å²) in [5.74, 6) is 0. The van der Waals surface area contributed by atoms with Crippen molar-refractivity contribution in [2.75, 3.05) is 19.7 Å². The van der Waals surface area contributed by atoms with Gasteiger partial charge in [0, 0.05) is 24.6 Å². The largest absolute Gasteiger partial charge is 0.396 e. The van der Waals surface area contributed by atoms with Crippen LogP contribution in [0.25, 0.3) is 0 Å². The number of hydrogen-bond acceptors (Lipinski definition) is 2. The van der Waals surface area contributed by atoms with Crippen LogP contribution in [0, 0.1) is 5.41 Å². The molecule has 2 heteroatoms. The molecule has 0 spiro atoms. The summed E-state index contributed by atoms with van der Waals surface area (Å²) in [6.45, 7) is 9.37. The Morgan fingerprint density at radius 3 is 2.62 bits per heavy atom. The number of aliphatic hydroxyl groups is 1. The molecule has 2 atom stereocenters. The molecule has 1 aliphatic heterocycles. The Bertz CT molecular complexity index is 195. The molecule has 1 saturated heterocycles. The lowest BCUT2D eigenvalue weighted by atomic mass is 9.84. The molecule has 1 N–H and O–H groups in total. The molecule has 1 aliphatic rings. The summed E-state index contributed by atoms with van der Waals surface area (Å²) in [4.78, 5) is 2.62. The monoisotopic (exact) mass is 227 g/mol. The highest BCUT2D eigenvalue weighted by Gasteiger charge is 2.29. The van der Waals surface area contributed by atoms with Gasteiger partial charge >= 0.3 is 0 Å². The molecule has 0 bridgehead atoms. The summed E-state index contributed by atoms with van der Waals surface area (Å²) >= 11 is 0. The summed E-state index contributed by atoms with van der Waals surface area (Å²) in [7, 11) is 0. The van der Waals surface area contributed by atoms with Crippen LogP contribution in [-0.2, 0) is 0 Å². The highest BCUT2D eigenvalue weighted by atomic mass is 16.3. The Hall–Kier alpha value is -0.0800. The smallest absolute Gasteiger partial charge is 0.0497 e. The van der Waals surface area contributed by atoms with Gasteiger partial charge in [-0.05, 0) is 32.2 Å². The lowest BCUT2D eigenvalue weighted by Crippen LogP contribution is -2.46. The third-order valence-electron chi connectivity index (χ3n) is 4.04. The zero-order valence-corrected chi connectivity index (χ0v) is 11.3. The fraction of sp³-hybridized carbons (Fsp3) is 1.00. The van der Waals surface area contributed by atoms with Gasteiger partial charge < -0.3 is 5.11 Å². The van der Waals surface area contributed by atoms with Crippen LogP contribution in [0.1, 0.15) is 59.3 Å². The van der Waals surface area contributed by atoms with Gasteiger partial charge in [-0.25, -0.2) is 0 Å². The fourth-order valence-electron chi connectivity index (χ4n) is 3.03. The van der Waals surface area contributed by atoms with Crippen molar-refractivity contribution in [3.05, 3.63) is 0 Å². The molecule has 0 aliphatic carbocycles. The Morgan fingerprint density at radius 2 is 2.06 bits per heavy atom. The zero-order chi connectivity index (χ0) is 12.0. The predicted octanol–water partition coefficient (Wildman–Crippen LogP) is 3.05. The number of nitrogens with zero attached hydrogens (tertiary/aromatic N) is 1. The van der Waals surface area contributed by atoms with Crippen LogP contribution in [0.5, 0.6) is 0 Å². The summed E-state index contributed by atoms with van der Waals surface area (Å²) in [6.07, 6.45) is 7.64. The molecule has 96 valence electrons. The minimum absolute atomic E-state index is 0.111. The van der Waals surface area contributed by atoms with E-state index in [1.165, 1.54) is 38.6 Å². The Balaban J connectivity index is 2.54. The second-order valence-electron chi connectivity index (χ2n) is 5.75. The van der Waals surface area contributed by atoms with Gasteiger partial charge in [-0.2, -0.15) is 0 Å². The van der Waals surface area contributed by atoms with E-state index >= 15 is 0 Å². The van der Waals surface area contributed by atoms with Crippen LogP contribution < -0.4 is 0 Å². The van der Waals surface area contributed by atoms with Crippen molar-refractivity contribution in [3.63, 3.8) is 0 Å². The number of rotatable bonds is 6. The van der Waals surface area contributed by atoms with Crippen molar-refractivity contribution in [2.24, 2.45) is 5.41 Å². The summed E-state index contributed by atoms with van der Waals surface area (Å²) in [6, 6.07) is 0.761. The summed E-state index contributed by atoms with van der Waals surface area (Å²) in [5, 5.41) is 9.58. The van der Waals surface area contributed by atoms with Crippen molar-refractivity contribution in [2.45, 2.75) is 65.3 Å². The number of hydrogen-bond donors (Lipinski definition) is 1. The van der Waals surface area contributed by atoms with Gasteiger partial charge in [0.15, 0.2) is 0 Å². The van der Waals surface area contributed by atoms with E-state index in [9.17, 15) is 5.11 Å². The van der Waals surface area contributed by atoms with Gasteiger partial charge in [0.2, 0.25) is 0 Å². The maximum Gasteiger partial charge on any atom is 0.0497 e. The van der Waals surface area contributed by atoms with E-state index in [4.69, 9.17) is 0 Å². The van der Waals surface area contributed by atoms with Crippen LogP contribution in [-0.4, -0.2) is 35.7 Å². The highest BCUT2D eigenvalue weighted by Crippen LogP contribution is 2.28. The molecule has 0 aromatic rings. The second-order valence-corrected chi connectivity index (χ2v) is 5.75. The standard InChI is InChI=1S/C14H29NO/c1-4-9-14(3,12-16)11-15-10-7-6-8-13(15)5-2/h13,16H,4-12H2,1-3H3. The molecular formula is C14H29NO. The molecule has 0 amide bonds. The highest BCUT2D eigenvalue weighted by molar-refractivity contribution is 4.83. The molecular weight excluding hydrogens is 198 g/mol. The van der Waals surface area contributed by atoms with E-state index in [2.05, 4.69) is 25.7 Å². The van der Waals surface area contributed by atoms with Crippen LogP contribution in [0.2, 0.25) is 0 Å². The first-order valence-electron chi connectivity index (χ1n) is 7.00. The lowest BCUT2D eigenvalue weighted by molar-refractivity contribution is 0.0426. The quantitative estimate of drug-likeness (QED) is 0.754. The Kier molecular flexibility index (Phi) is 5.77. The molecule has 1 fully saturated rings. The zero-order valence-electron chi connectivity index (χ0n) is 11.3. The van der Waals surface area contributed by atoms with Crippen LogP contribution in [0.4, 0.5) is 0 Å². The van der Waals surface area contributed by atoms with Crippen molar-refractivity contribution in [3.8, 4) is 0 Å². The summed E-state index contributed by atoms with van der Waals surface area (Å²) in [5.41, 5.74) is 0.111. The average Bonchev–Trinajstić information content (AvgIpc) is 2.30. The number of aliphatic hydroxyl groups excluding tert-OH is 1. The lowest BCUT2D eigenvalue weighted by Gasteiger charge is -2.41. The van der Waals surface area contributed by atoms with Gasteiger partial charge in [-0.1, -0.05) is 33.6 Å². The van der Waals surface area contributed by atoms with Gasteiger partial charge in [0.05, 0.1) is 0 Å². The van der Waals surface area contributed by atoms with Crippen molar-refractivity contribution in [1.82, 2.24) is 4.90 Å². The maximum atomic E-state index is 9.58. The first-order valence-corrected chi connectivity index (χ1v) is 7.00. The fourth-order valence-corrected chi connectivity index (χ4v) is 3.03. The average molecular weight is 227 g/mol. The topological polar surface area (TPSA) is 23.5 Å². The molecule has 0 aromatic heterocycles. The van der Waals surface area contributed by atoms with E-state index in [0.29, 0.717) is 6.61 Å².